The second-order valence-corrected chi connectivity index (χ2v) is 7.93. The predicted octanol–water partition coefficient (Wildman–Crippen LogP) is 1.19. The average molecular weight is 487 g/mol. The van der Waals surface area contributed by atoms with E-state index in [1.54, 1.807) is 30.7 Å². The number of aliphatic imine (C=N–C) groups is 1. The van der Waals surface area contributed by atoms with E-state index in [-0.39, 0.29) is 29.1 Å². The number of imidazole rings is 1. The lowest BCUT2D eigenvalue weighted by atomic mass is 10.0. The standard InChI is InChI=1S/C25H26N8O3/c1-4-6-9-32-22-20(30-25(32)31-10-7-28-8-11-31)15-29-33(24(22)35)16-18-13-21(36-5-2)19(23(34)27-3)12-17(18)14-26/h7,12-13,15H,5,8-11,16H2,1-3H3,(H,27,34). The first kappa shape index (κ1) is 24.5. The summed E-state index contributed by atoms with van der Waals surface area (Å²) in [4.78, 5) is 36.9. The van der Waals surface area contributed by atoms with Gasteiger partial charge in [0, 0.05) is 19.8 Å². The van der Waals surface area contributed by atoms with Gasteiger partial charge in [-0.3, -0.25) is 19.1 Å². The molecule has 0 saturated heterocycles. The number of hydrogen-bond acceptors (Lipinski definition) is 8. The Morgan fingerprint density at radius 3 is 2.83 bits per heavy atom. The molecule has 36 heavy (non-hydrogen) atoms. The van der Waals surface area contributed by atoms with Gasteiger partial charge < -0.3 is 15.0 Å². The van der Waals surface area contributed by atoms with Gasteiger partial charge in [0.05, 0.1) is 56.2 Å². The van der Waals surface area contributed by atoms with Crippen LogP contribution < -0.4 is 20.5 Å². The van der Waals surface area contributed by atoms with Crippen molar-refractivity contribution >= 4 is 29.1 Å². The maximum Gasteiger partial charge on any atom is 0.293 e. The van der Waals surface area contributed by atoms with Crippen molar-refractivity contribution < 1.29 is 9.53 Å². The monoisotopic (exact) mass is 486 g/mol. The predicted molar refractivity (Wildman–Crippen MR) is 136 cm³/mol. The number of rotatable bonds is 7. The molecule has 0 unspecified atom stereocenters. The number of fused-ring (bicyclic) bond motifs is 1. The van der Waals surface area contributed by atoms with Crippen LogP contribution in [-0.2, 0) is 13.1 Å². The Hall–Kier alpha value is -4.64. The van der Waals surface area contributed by atoms with E-state index in [0.29, 0.717) is 61.1 Å². The molecule has 1 N–H and O–H groups in total. The first-order valence-corrected chi connectivity index (χ1v) is 11.5. The Balaban J connectivity index is 1.82. The zero-order valence-corrected chi connectivity index (χ0v) is 20.4. The highest BCUT2D eigenvalue weighted by molar-refractivity contribution is 5.97. The number of hydrogen-bond donors (Lipinski definition) is 1. The number of benzene rings is 1. The van der Waals surface area contributed by atoms with Gasteiger partial charge in [-0.15, -0.1) is 5.92 Å². The Morgan fingerprint density at radius 2 is 2.17 bits per heavy atom. The van der Waals surface area contributed by atoms with Crippen molar-refractivity contribution in [2.24, 2.45) is 4.99 Å². The van der Waals surface area contributed by atoms with Gasteiger partial charge in [-0.1, -0.05) is 5.92 Å². The largest absolute Gasteiger partial charge is 0.493 e. The van der Waals surface area contributed by atoms with Gasteiger partial charge in [-0.25, -0.2) is 9.67 Å². The summed E-state index contributed by atoms with van der Waals surface area (Å²) in [6.07, 6.45) is 3.37. The smallest absolute Gasteiger partial charge is 0.293 e. The van der Waals surface area contributed by atoms with Gasteiger partial charge >= 0.3 is 0 Å². The lowest BCUT2D eigenvalue weighted by molar-refractivity contribution is 0.0959. The Kier molecular flexibility index (Phi) is 7.31. The molecule has 0 atom stereocenters. The maximum absolute atomic E-state index is 13.6. The van der Waals surface area contributed by atoms with Crippen LogP contribution in [0.3, 0.4) is 0 Å². The minimum absolute atomic E-state index is 0.0160. The zero-order chi connectivity index (χ0) is 25.7. The minimum Gasteiger partial charge on any atom is -0.493 e. The van der Waals surface area contributed by atoms with E-state index in [9.17, 15) is 14.9 Å². The number of carbonyl (C=O) groups excluding carboxylic acids is 1. The molecule has 11 heteroatoms. The molecule has 0 spiro atoms. The number of nitrogens with one attached hydrogen (secondary N) is 1. The number of ether oxygens (including phenoxy) is 1. The van der Waals surface area contributed by atoms with Crippen LogP contribution in [0.5, 0.6) is 5.75 Å². The summed E-state index contributed by atoms with van der Waals surface area (Å²) in [6.45, 7) is 6.12. The molecule has 4 rings (SSSR count). The normalized spacial score (nSPS) is 12.7. The SMILES string of the molecule is CC#CCn1c(N2CC=NCC2)nc2cnn(Cc3cc(OCC)c(C(=O)NC)cc3C#N)c(=O)c21. The van der Waals surface area contributed by atoms with Crippen molar-refractivity contribution in [3.63, 3.8) is 0 Å². The average Bonchev–Trinajstić information content (AvgIpc) is 3.28. The fourth-order valence-electron chi connectivity index (χ4n) is 4.04. The van der Waals surface area contributed by atoms with E-state index < -0.39 is 0 Å². The summed E-state index contributed by atoms with van der Waals surface area (Å²) in [5, 5.41) is 16.6. The Morgan fingerprint density at radius 1 is 1.33 bits per heavy atom. The Bertz CT molecular complexity index is 1500. The summed E-state index contributed by atoms with van der Waals surface area (Å²) in [5.41, 5.74) is 1.51. The van der Waals surface area contributed by atoms with Crippen LogP contribution in [0.15, 0.2) is 28.1 Å². The minimum atomic E-state index is -0.366. The molecule has 0 saturated carbocycles. The van der Waals surface area contributed by atoms with Crippen molar-refractivity contribution in [3.8, 4) is 23.7 Å². The number of nitriles is 1. The highest BCUT2D eigenvalue weighted by Crippen LogP contribution is 2.25. The molecule has 2 aromatic heterocycles. The number of anilines is 1. The van der Waals surface area contributed by atoms with Gasteiger partial charge in [-0.05, 0) is 31.5 Å². The van der Waals surface area contributed by atoms with Crippen LogP contribution in [0.25, 0.3) is 11.0 Å². The third-order valence-electron chi connectivity index (χ3n) is 5.78. The van der Waals surface area contributed by atoms with Gasteiger partial charge in [0.2, 0.25) is 5.95 Å². The molecule has 184 valence electrons. The highest BCUT2D eigenvalue weighted by Gasteiger charge is 2.22. The van der Waals surface area contributed by atoms with E-state index in [0.717, 1.165) is 0 Å². The van der Waals surface area contributed by atoms with Crippen molar-refractivity contribution in [2.45, 2.75) is 26.9 Å². The third kappa shape index (κ3) is 4.64. The molecule has 3 heterocycles. The molecule has 0 radical (unpaired) electrons. The molecular formula is C25H26N8O3. The molecule has 0 bridgehead atoms. The van der Waals surface area contributed by atoms with E-state index in [2.05, 4.69) is 38.3 Å². The van der Waals surface area contributed by atoms with E-state index in [1.165, 1.54) is 17.8 Å². The van der Waals surface area contributed by atoms with Crippen LogP contribution in [-0.4, -0.2) is 64.7 Å². The zero-order valence-electron chi connectivity index (χ0n) is 20.4. The van der Waals surface area contributed by atoms with Crippen molar-refractivity contribution in [2.75, 3.05) is 38.2 Å². The number of aromatic nitrogens is 4. The van der Waals surface area contributed by atoms with Crippen LogP contribution in [0.2, 0.25) is 0 Å². The summed E-state index contributed by atoms with van der Waals surface area (Å²) >= 11 is 0. The third-order valence-corrected chi connectivity index (χ3v) is 5.78. The van der Waals surface area contributed by atoms with E-state index in [4.69, 9.17) is 4.74 Å². The Labute approximate surface area is 208 Å². The topological polar surface area (TPSA) is 130 Å². The molecule has 3 aromatic rings. The molecule has 0 aliphatic carbocycles. The first-order valence-electron chi connectivity index (χ1n) is 11.5. The first-order chi connectivity index (χ1) is 17.5. The van der Waals surface area contributed by atoms with Crippen LogP contribution in [0.4, 0.5) is 5.95 Å². The lowest BCUT2D eigenvalue weighted by Crippen LogP contribution is -2.34. The fourth-order valence-corrected chi connectivity index (χ4v) is 4.04. The van der Waals surface area contributed by atoms with Gasteiger partial charge in [0.1, 0.15) is 16.8 Å². The number of carbonyl (C=O) groups is 1. The maximum atomic E-state index is 13.6. The second kappa shape index (κ2) is 10.7. The van der Waals surface area contributed by atoms with Crippen molar-refractivity contribution in [1.82, 2.24) is 24.6 Å². The molecule has 1 aromatic carbocycles. The van der Waals surface area contributed by atoms with Gasteiger partial charge in [0.25, 0.3) is 11.5 Å². The summed E-state index contributed by atoms with van der Waals surface area (Å²) < 4.78 is 8.74. The number of nitrogens with zero attached hydrogens (tertiary/aromatic N) is 7. The molecule has 11 nitrogen and oxygen atoms in total. The van der Waals surface area contributed by atoms with E-state index in [1.807, 2.05) is 11.1 Å². The highest BCUT2D eigenvalue weighted by atomic mass is 16.5. The van der Waals surface area contributed by atoms with E-state index >= 15 is 0 Å². The summed E-state index contributed by atoms with van der Waals surface area (Å²) in [6, 6.07) is 5.20. The number of amides is 1. The van der Waals surface area contributed by atoms with Crippen LogP contribution >= 0.6 is 0 Å². The molecule has 0 fully saturated rings. The second-order valence-electron chi connectivity index (χ2n) is 7.93. The summed E-state index contributed by atoms with van der Waals surface area (Å²) in [5.74, 6) is 6.51. The van der Waals surface area contributed by atoms with Gasteiger partial charge in [0.15, 0.2) is 0 Å². The lowest BCUT2D eigenvalue weighted by Gasteiger charge is -2.24. The summed E-state index contributed by atoms with van der Waals surface area (Å²) in [7, 11) is 1.51. The molecule has 1 aliphatic heterocycles. The van der Waals surface area contributed by atoms with Crippen molar-refractivity contribution in [1.29, 1.82) is 5.26 Å². The fraction of sp³-hybridized carbons (Fsp3) is 0.360. The quantitative estimate of drug-likeness (QED) is 0.496. The molecule has 1 aliphatic rings. The van der Waals surface area contributed by atoms with Crippen LogP contribution in [0.1, 0.15) is 35.3 Å². The van der Waals surface area contributed by atoms with Gasteiger partial charge in [-0.2, -0.15) is 10.4 Å². The van der Waals surface area contributed by atoms with Crippen LogP contribution in [0, 0.1) is 23.2 Å². The molecular weight excluding hydrogens is 460 g/mol. The molecule has 1 amide bonds. The van der Waals surface area contributed by atoms with Crippen molar-refractivity contribution in [3.05, 3.63) is 45.4 Å².